The van der Waals surface area contributed by atoms with Gasteiger partial charge in [0.1, 0.15) is 6.54 Å². The SMILES string of the molecule is Nc1cnn(CC(=O)OCC2CC2)c1. The van der Waals surface area contributed by atoms with Crippen LogP contribution in [0.5, 0.6) is 0 Å². The molecular weight excluding hydrogens is 182 g/mol. The molecular formula is C9H13N3O2. The molecule has 2 N–H and O–H groups in total. The molecule has 0 saturated heterocycles. The minimum Gasteiger partial charge on any atom is -0.464 e. The van der Waals surface area contributed by atoms with E-state index in [-0.39, 0.29) is 12.5 Å². The summed E-state index contributed by atoms with van der Waals surface area (Å²) in [6, 6.07) is 0. The zero-order valence-electron chi connectivity index (χ0n) is 7.85. The number of anilines is 1. The maximum absolute atomic E-state index is 11.2. The first-order valence-corrected chi connectivity index (χ1v) is 4.67. The standard InChI is InChI=1S/C9H13N3O2/c10-8-3-11-12(4-8)5-9(13)14-6-7-1-2-7/h3-4,7H,1-2,5-6,10H2. The van der Waals surface area contributed by atoms with Gasteiger partial charge in [-0.25, -0.2) is 0 Å². The van der Waals surface area contributed by atoms with Crippen LogP contribution in [-0.2, 0) is 16.1 Å². The van der Waals surface area contributed by atoms with Crippen molar-refractivity contribution in [3.63, 3.8) is 0 Å². The van der Waals surface area contributed by atoms with E-state index in [0.29, 0.717) is 18.2 Å². The van der Waals surface area contributed by atoms with E-state index in [1.54, 1.807) is 6.20 Å². The van der Waals surface area contributed by atoms with Crippen LogP contribution in [0, 0.1) is 5.92 Å². The third-order valence-corrected chi connectivity index (χ3v) is 2.12. The van der Waals surface area contributed by atoms with Gasteiger partial charge in [-0.15, -0.1) is 0 Å². The largest absolute Gasteiger partial charge is 0.464 e. The van der Waals surface area contributed by atoms with Crippen molar-refractivity contribution in [2.24, 2.45) is 5.92 Å². The van der Waals surface area contributed by atoms with E-state index in [1.807, 2.05) is 0 Å². The molecule has 5 nitrogen and oxygen atoms in total. The molecule has 76 valence electrons. The second kappa shape index (κ2) is 3.69. The van der Waals surface area contributed by atoms with Gasteiger partial charge in [0.2, 0.25) is 0 Å². The lowest BCUT2D eigenvalue weighted by molar-refractivity contribution is -0.145. The highest BCUT2D eigenvalue weighted by atomic mass is 16.5. The molecule has 14 heavy (non-hydrogen) atoms. The minimum atomic E-state index is -0.250. The van der Waals surface area contributed by atoms with Gasteiger partial charge in [-0.1, -0.05) is 0 Å². The molecule has 0 radical (unpaired) electrons. The second-order valence-electron chi connectivity index (χ2n) is 3.60. The predicted octanol–water partition coefficient (Wildman–Crippen LogP) is 0.418. The van der Waals surface area contributed by atoms with Gasteiger partial charge in [0.25, 0.3) is 0 Å². The molecule has 1 heterocycles. The molecule has 1 fully saturated rings. The first-order chi connectivity index (χ1) is 6.74. The van der Waals surface area contributed by atoms with Gasteiger partial charge in [0.15, 0.2) is 0 Å². The molecule has 0 amide bonds. The van der Waals surface area contributed by atoms with Crippen LogP contribution in [0.1, 0.15) is 12.8 Å². The molecule has 0 unspecified atom stereocenters. The van der Waals surface area contributed by atoms with Crippen LogP contribution >= 0.6 is 0 Å². The number of carbonyl (C=O) groups excluding carboxylic acids is 1. The molecule has 0 bridgehead atoms. The highest BCUT2D eigenvalue weighted by Crippen LogP contribution is 2.28. The predicted molar refractivity (Wildman–Crippen MR) is 50.3 cm³/mol. The Hall–Kier alpha value is -1.52. The van der Waals surface area contributed by atoms with E-state index in [4.69, 9.17) is 10.5 Å². The van der Waals surface area contributed by atoms with Crippen molar-refractivity contribution in [2.45, 2.75) is 19.4 Å². The van der Waals surface area contributed by atoms with Crippen LogP contribution in [0.3, 0.4) is 0 Å². The van der Waals surface area contributed by atoms with Crippen molar-refractivity contribution in [1.82, 2.24) is 9.78 Å². The van der Waals surface area contributed by atoms with E-state index in [2.05, 4.69) is 5.10 Å². The molecule has 1 aliphatic rings. The maximum Gasteiger partial charge on any atom is 0.327 e. The van der Waals surface area contributed by atoms with Crippen molar-refractivity contribution in [3.05, 3.63) is 12.4 Å². The van der Waals surface area contributed by atoms with E-state index in [0.717, 1.165) is 0 Å². The molecule has 1 aromatic heterocycles. The lowest BCUT2D eigenvalue weighted by atomic mass is 10.5. The third kappa shape index (κ3) is 2.48. The van der Waals surface area contributed by atoms with Crippen LogP contribution in [-0.4, -0.2) is 22.4 Å². The zero-order valence-corrected chi connectivity index (χ0v) is 7.85. The van der Waals surface area contributed by atoms with E-state index in [9.17, 15) is 4.79 Å². The number of rotatable bonds is 4. The molecule has 0 atom stereocenters. The first-order valence-electron chi connectivity index (χ1n) is 4.67. The second-order valence-corrected chi connectivity index (χ2v) is 3.60. The smallest absolute Gasteiger partial charge is 0.327 e. The topological polar surface area (TPSA) is 70.1 Å². The van der Waals surface area contributed by atoms with Gasteiger partial charge < -0.3 is 10.5 Å². The fourth-order valence-corrected chi connectivity index (χ4v) is 1.14. The van der Waals surface area contributed by atoms with Crippen molar-refractivity contribution in [2.75, 3.05) is 12.3 Å². The summed E-state index contributed by atoms with van der Waals surface area (Å²) >= 11 is 0. The highest BCUT2D eigenvalue weighted by Gasteiger charge is 2.22. The highest BCUT2D eigenvalue weighted by molar-refractivity contribution is 5.69. The minimum absolute atomic E-state index is 0.143. The maximum atomic E-state index is 11.2. The molecule has 2 rings (SSSR count). The number of esters is 1. The van der Waals surface area contributed by atoms with Crippen molar-refractivity contribution in [3.8, 4) is 0 Å². The zero-order chi connectivity index (χ0) is 9.97. The summed E-state index contributed by atoms with van der Waals surface area (Å²) in [5.74, 6) is 0.349. The quantitative estimate of drug-likeness (QED) is 0.707. The number of nitrogens with two attached hydrogens (primary N) is 1. The Morgan fingerprint density at radius 2 is 2.50 bits per heavy atom. The summed E-state index contributed by atoms with van der Waals surface area (Å²) < 4.78 is 6.52. The Labute approximate surface area is 81.8 Å². The van der Waals surface area contributed by atoms with Crippen molar-refractivity contribution >= 4 is 11.7 Å². The summed E-state index contributed by atoms with van der Waals surface area (Å²) in [5.41, 5.74) is 6.01. The third-order valence-electron chi connectivity index (χ3n) is 2.12. The summed E-state index contributed by atoms with van der Waals surface area (Å²) in [7, 11) is 0. The Morgan fingerprint density at radius 3 is 3.07 bits per heavy atom. The average Bonchev–Trinajstić information content (AvgIpc) is 2.88. The normalized spacial score (nSPS) is 15.4. The molecule has 1 aromatic rings. The monoisotopic (exact) mass is 195 g/mol. The molecule has 5 heteroatoms. The number of hydrogen-bond donors (Lipinski definition) is 1. The molecule has 0 aliphatic heterocycles. The number of aromatic nitrogens is 2. The van der Waals surface area contributed by atoms with Gasteiger partial charge in [-0.3, -0.25) is 9.48 Å². The van der Waals surface area contributed by atoms with Crippen LogP contribution in [0.4, 0.5) is 5.69 Å². The fourth-order valence-electron chi connectivity index (χ4n) is 1.14. The number of nitrogen functional groups attached to an aromatic ring is 1. The Balaban J connectivity index is 1.75. The van der Waals surface area contributed by atoms with E-state index in [1.165, 1.54) is 23.7 Å². The molecule has 1 saturated carbocycles. The van der Waals surface area contributed by atoms with Crippen molar-refractivity contribution in [1.29, 1.82) is 0 Å². The first kappa shape index (κ1) is 9.05. The van der Waals surface area contributed by atoms with Gasteiger partial charge in [-0.05, 0) is 18.8 Å². The van der Waals surface area contributed by atoms with Gasteiger partial charge >= 0.3 is 5.97 Å². The Morgan fingerprint density at radius 1 is 1.71 bits per heavy atom. The van der Waals surface area contributed by atoms with Crippen molar-refractivity contribution < 1.29 is 9.53 Å². The number of hydrogen-bond acceptors (Lipinski definition) is 4. The van der Waals surface area contributed by atoms with Crippen LogP contribution < -0.4 is 5.73 Å². The summed E-state index contributed by atoms with van der Waals surface area (Å²) in [6.45, 7) is 0.694. The molecule has 0 aromatic carbocycles. The fraction of sp³-hybridized carbons (Fsp3) is 0.556. The lowest BCUT2D eigenvalue weighted by Crippen LogP contribution is -2.15. The summed E-state index contributed by atoms with van der Waals surface area (Å²) in [6.07, 6.45) is 5.48. The average molecular weight is 195 g/mol. The molecule has 1 aliphatic carbocycles. The van der Waals surface area contributed by atoms with Crippen LogP contribution in [0.15, 0.2) is 12.4 Å². The number of ether oxygens (including phenoxy) is 1. The van der Waals surface area contributed by atoms with Crippen LogP contribution in [0.25, 0.3) is 0 Å². The van der Waals surface area contributed by atoms with Gasteiger partial charge in [-0.2, -0.15) is 5.10 Å². The van der Waals surface area contributed by atoms with E-state index < -0.39 is 0 Å². The Bertz CT molecular complexity index is 331. The van der Waals surface area contributed by atoms with Crippen LogP contribution in [0.2, 0.25) is 0 Å². The molecule has 0 spiro atoms. The summed E-state index contributed by atoms with van der Waals surface area (Å²) in [5, 5.41) is 3.89. The van der Waals surface area contributed by atoms with Gasteiger partial charge in [0.05, 0.1) is 18.5 Å². The lowest BCUT2D eigenvalue weighted by Gasteiger charge is -2.02. The number of carbonyl (C=O) groups is 1. The Kier molecular flexibility index (Phi) is 2.39. The van der Waals surface area contributed by atoms with E-state index >= 15 is 0 Å². The summed E-state index contributed by atoms with van der Waals surface area (Å²) in [4.78, 5) is 11.2. The van der Waals surface area contributed by atoms with Gasteiger partial charge in [0, 0.05) is 6.20 Å². The number of nitrogens with zero attached hydrogens (tertiary/aromatic N) is 2.